The van der Waals surface area contributed by atoms with Gasteiger partial charge in [-0.25, -0.2) is 0 Å². The molecule has 0 fully saturated rings. The molecule has 2 nitrogen and oxygen atoms in total. The molecule has 4 heteroatoms. The summed E-state index contributed by atoms with van der Waals surface area (Å²) >= 11 is 7.07. The first-order chi connectivity index (χ1) is 8.11. The lowest BCUT2D eigenvalue weighted by atomic mass is 10.1. The van der Waals surface area contributed by atoms with Crippen molar-refractivity contribution >= 4 is 37.8 Å². The number of carbonyl (C=O) groups is 1. The third-order valence-corrected chi connectivity index (χ3v) is 5.37. The minimum Gasteiger partial charge on any atom is -0.342 e. The van der Waals surface area contributed by atoms with Gasteiger partial charge >= 0.3 is 0 Å². The van der Waals surface area contributed by atoms with Crippen LogP contribution in [0.1, 0.15) is 24.2 Å². The predicted molar refractivity (Wildman–Crippen MR) is 78.8 cm³/mol. The van der Waals surface area contributed by atoms with Crippen LogP contribution >= 0.6 is 31.9 Å². The Bertz CT molecular complexity index is 352. The smallest absolute Gasteiger partial charge is 0.237 e. The van der Waals surface area contributed by atoms with Crippen LogP contribution in [0.5, 0.6) is 0 Å². The van der Waals surface area contributed by atoms with E-state index in [0.29, 0.717) is 0 Å². The molecule has 0 bridgehead atoms. The van der Waals surface area contributed by atoms with E-state index in [9.17, 15) is 4.79 Å². The van der Waals surface area contributed by atoms with Gasteiger partial charge in [0.2, 0.25) is 5.91 Å². The molecule has 0 aromatic heterocycles. The van der Waals surface area contributed by atoms with Crippen molar-refractivity contribution in [2.75, 3.05) is 13.1 Å². The maximum atomic E-state index is 12.2. The number of halogens is 2. The van der Waals surface area contributed by atoms with Crippen molar-refractivity contribution in [3.05, 3.63) is 35.9 Å². The molecule has 1 aromatic rings. The molecule has 0 spiro atoms. The number of rotatable bonds is 5. The van der Waals surface area contributed by atoms with E-state index in [4.69, 9.17) is 0 Å². The van der Waals surface area contributed by atoms with Crippen LogP contribution in [0, 0.1) is 0 Å². The Balaban J connectivity index is 2.76. The van der Waals surface area contributed by atoms with Crippen molar-refractivity contribution in [2.45, 2.75) is 23.5 Å². The van der Waals surface area contributed by atoms with E-state index in [2.05, 4.69) is 31.9 Å². The summed E-state index contributed by atoms with van der Waals surface area (Å²) in [5.74, 6) is 0.126. The van der Waals surface area contributed by atoms with E-state index in [0.717, 1.165) is 18.7 Å². The van der Waals surface area contributed by atoms with Crippen LogP contribution in [0.2, 0.25) is 0 Å². The summed E-state index contributed by atoms with van der Waals surface area (Å²) in [4.78, 5) is 13.8. The van der Waals surface area contributed by atoms with E-state index in [1.54, 1.807) is 0 Å². The second kappa shape index (κ2) is 7.17. The van der Waals surface area contributed by atoms with Gasteiger partial charge in [-0.2, -0.15) is 0 Å². The lowest BCUT2D eigenvalue weighted by molar-refractivity contribution is -0.130. The molecule has 2 atom stereocenters. The van der Waals surface area contributed by atoms with E-state index in [1.165, 1.54) is 0 Å². The number of alkyl halides is 2. The summed E-state index contributed by atoms with van der Waals surface area (Å²) in [6, 6.07) is 9.96. The lowest BCUT2D eigenvalue weighted by Gasteiger charge is -2.24. The molecule has 0 saturated heterocycles. The molecule has 0 radical (unpaired) electrons. The number of amides is 1. The van der Waals surface area contributed by atoms with E-state index < -0.39 is 0 Å². The van der Waals surface area contributed by atoms with Crippen LogP contribution in [0.4, 0.5) is 0 Å². The van der Waals surface area contributed by atoms with Gasteiger partial charge in [0.15, 0.2) is 0 Å². The van der Waals surface area contributed by atoms with Gasteiger partial charge in [-0.05, 0) is 19.4 Å². The zero-order chi connectivity index (χ0) is 12.8. The third kappa shape index (κ3) is 3.81. The van der Waals surface area contributed by atoms with Crippen LogP contribution < -0.4 is 0 Å². The van der Waals surface area contributed by atoms with Crippen LogP contribution in [0.25, 0.3) is 0 Å². The average Bonchev–Trinajstić information content (AvgIpc) is 2.39. The maximum absolute atomic E-state index is 12.2. The van der Waals surface area contributed by atoms with Crippen LogP contribution in [-0.2, 0) is 4.79 Å². The monoisotopic (exact) mass is 361 g/mol. The molecule has 1 amide bonds. The highest BCUT2D eigenvalue weighted by molar-refractivity contribution is 9.12. The summed E-state index contributed by atoms with van der Waals surface area (Å²) in [5.41, 5.74) is 1.11. The van der Waals surface area contributed by atoms with E-state index in [1.807, 2.05) is 49.1 Å². The fourth-order valence-corrected chi connectivity index (χ4v) is 2.77. The lowest BCUT2D eigenvalue weighted by Crippen LogP contribution is -2.37. The zero-order valence-corrected chi connectivity index (χ0v) is 13.2. The topological polar surface area (TPSA) is 20.3 Å². The number of nitrogens with zero attached hydrogens (tertiary/aromatic N) is 1. The molecular weight excluding hydrogens is 346 g/mol. The molecule has 94 valence electrons. The predicted octanol–water partition coefficient (Wildman–Crippen LogP) is 3.75. The maximum Gasteiger partial charge on any atom is 0.237 e. The molecule has 0 heterocycles. The fourth-order valence-electron chi connectivity index (χ4n) is 1.64. The van der Waals surface area contributed by atoms with Gasteiger partial charge in [-0.15, -0.1) is 0 Å². The Morgan fingerprint density at radius 3 is 2.18 bits per heavy atom. The molecule has 0 aliphatic carbocycles. The van der Waals surface area contributed by atoms with Crippen LogP contribution in [-0.4, -0.2) is 28.7 Å². The van der Waals surface area contributed by atoms with Crippen LogP contribution in [0.3, 0.4) is 0 Å². The number of carbonyl (C=O) groups excluding carboxylic acids is 1. The second-order valence-corrected chi connectivity index (χ2v) is 5.70. The summed E-state index contributed by atoms with van der Waals surface area (Å²) in [7, 11) is 0. The van der Waals surface area contributed by atoms with Crippen molar-refractivity contribution in [1.82, 2.24) is 4.90 Å². The third-order valence-electron chi connectivity index (χ3n) is 2.69. The van der Waals surface area contributed by atoms with Gasteiger partial charge < -0.3 is 4.90 Å². The standard InChI is InChI=1S/C13H17Br2NO/c1-3-16(4-2)13(17)12(15)11(14)10-8-6-5-7-9-10/h5-9,11-12H,3-4H2,1-2H3/t11-,12+/m0/s1. The Labute approximate surface area is 120 Å². The van der Waals surface area contributed by atoms with E-state index in [-0.39, 0.29) is 15.6 Å². The number of hydrogen-bond donors (Lipinski definition) is 0. The van der Waals surface area contributed by atoms with Gasteiger partial charge in [0.25, 0.3) is 0 Å². The fraction of sp³-hybridized carbons (Fsp3) is 0.462. The molecule has 0 unspecified atom stereocenters. The molecule has 0 aliphatic heterocycles. The quantitative estimate of drug-likeness (QED) is 0.730. The highest BCUT2D eigenvalue weighted by Crippen LogP contribution is 2.32. The van der Waals surface area contributed by atoms with Gasteiger partial charge in [0, 0.05) is 13.1 Å². The summed E-state index contributed by atoms with van der Waals surface area (Å²) in [6.07, 6.45) is 0. The number of benzene rings is 1. The Kier molecular flexibility index (Phi) is 6.20. The summed E-state index contributed by atoms with van der Waals surface area (Å²) < 4.78 is 0. The minimum absolute atomic E-state index is 0.00296. The SMILES string of the molecule is CCN(CC)C(=O)[C@H](Br)[C@@H](Br)c1ccccc1. The molecule has 17 heavy (non-hydrogen) atoms. The van der Waals surface area contributed by atoms with Gasteiger partial charge in [-0.3, -0.25) is 4.79 Å². The molecule has 0 N–H and O–H groups in total. The second-order valence-electron chi connectivity index (χ2n) is 3.72. The summed E-state index contributed by atoms with van der Waals surface area (Å²) in [5, 5.41) is 0. The molecule has 0 saturated carbocycles. The van der Waals surface area contributed by atoms with Crippen molar-refractivity contribution in [3.8, 4) is 0 Å². The normalized spacial score (nSPS) is 14.1. The highest BCUT2D eigenvalue weighted by Gasteiger charge is 2.27. The van der Waals surface area contributed by atoms with Gasteiger partial charge in [0.05, 0.1) is 4.83 Å². The van der Waals surface area contributed by atoms with Gasteiger partial charge in [0.1, 0.15) is 4.83 Å². The van der Waals surface area contributed by atoms with Crippen molar-refractivity contribution < 1.29 is 4.79 Å². The minimum atomic E-state index is -0.232. The van der Waals surface area contributed by atoms with Crippen molar-refractivity contribution in [3.63, 3.8) is 0 Å². The summed E-state index contributed by atoms with van der Waals surface area (Å²) in [6.45, 7) is 5.47. The highest BCUT2D eigenvalue weighted by atomic mass is 79.9. The first kappa shape index (κ1) is 14.7. The zero-order valence-electron chi connectivity index (χ0n) is 10.1. The van der Waals surface area contributed by atoms with Crippen LogP contribution in [0.15, 0.2) is 30.3 Å². The Hall–Kier alpha value is -0.350. The molecular formula is C13H17Br2NO. The first-order valence-electron chi connectivity index (χ1n) is 5.73. The molecule has 0 aliphatic rings. The van der Waals surface area contributed by atoms with E-state index >= 15 is 0 Å². The largest absolute Gasteiger partial charge is 0.342 e. The molecule has 1 rings (SSSR count). The van der Waals surface area contributed by atoms with Gasteiger partial charge in [-0.1, -0.05) is 62.2 Å². The van der Waals surface area contributed by atoms with Crippen molar-refractivity contribution in [1.29, 1.82) is 0 Å². The number of hydrogen-bond acceptors (Lipinski definition) is 1. The first-order valence-corrected chi connectivity index (χ1v) is 7.56. The Morgan fingerprint density at radius 1 is 1.18 bits per heavy atom. The molecule has 1 aromatic carbocycles. The Morgan fingerprint density at radius 2 is 1.71 bits per heavy atom. The van der Waals surface area contributed by atoms with Crippen molar-refractivity contribution in [2.24, 2.45) is 0 Å². The average molecular weight is 363 g/mol.